The van der Waals surface area contributed by atoms with Crippen molar-refractivity contribution in [2.75, 3.05) is 7.05 Å². The Morgan fingerprint density at radius 2 is 1.89 bits per heavy atom. The quantitative estimate of drug-likeness (QED) is 0.414. The van der Waals surface area contributed by atoms with Gasteiger partial charge in [-0.1, -0.05) is 23.7 Å². The molecule has 1 aliphatic rings. The molecule has 4 rings (SSSR count). The molecule has 1 aromatic heterocycles. The van der Waals surface area contributed by atoms with Crippen molar-refractivity contribution in [3.8, 4) is 0 Å². The van der Waals surface area contributed by atoms with Gasteiger partial charge in [0, 0.05) is 24.0 Å². The largest absolute Gasteiger partial charge is 0.481 e. The smallest absolute Gasteiger partial charge is 0.417 e. The van der Waals surface area contributed by atoms with Gasteiger partial charge in [0.2, 0.25) is 0 Å². The van der Waals surface area contributed by atoms with E-state index in [4.69, 9.17) is 11.6 Å². The van der Waals surface area contributed by atoms with Crippen LogP contribution in [0.15, 0.2) is 42.5 Å². The molecule has 0 bridgehead atoms. The molecule has 0 saturated heterocycles. The van der Waals surface area contributed by atoms with Crippen molar-refractivity contribution in [2.45, 2.75) is 45.3 Å². The minimum Gasteiger partial charge on any atom is -0.481 e. The van der Waals surface area contributed by atoms with E-state index in [1.807, 2.05) is 13.8 Å². The van der Waals surface area contributed by atoms with Gasteiger partial charge in [-0.3, -0.25) is 14.4 Å². The second-order valence-electron chi connectivity index (χ2n) is 9.51. The van der Waals surface area contributed by atoms with Crippen LogP contribution in [0.4, 0.5) is 13.2 Å². The van der Waals surface area contributed by atoms with Crippen LogP contribution in [0.25, 0.3) is 16.5 Å². The van der Waals surface area contributed by atoms with E-state index in [-0.39, 0.29) is 34.5 Å². The van der Waals surface area contributed by atoms with Crippen LogP contribution in [0.3, 0.4) is 0 Å². The Morgan fingerprint density at radius 1 is 1.18 bits per heavy atom. The van der Waals surface area contributed by atoms with Gasteiger partial charge >= 0.3 is 12.1 Å². The summed E-state index contributed by atoms with van der Waals surface area (Å²) in [5.74, 6) is -2.90. The second-order valence-corrected chi connectivity index (χ2v) is 9.91. The van der Waals surface area contributed by atoms with Crippen molar-refractivity contribution in [3.63, 3.8) is 0 Å². The first-order chi connectivity index (χ1) is 17.8. The van der Waals surface area contributed by atoms with Gasteiger partial charge in [0.05, 0.1) is 33.3 Å². The fraction of sp³-hybridized carbons (Fsp3) is 0.333. The Kier molecular flexibility index (Phi) is 7.38. The zero-order valence-corrected chi connectivity index (χ0v) is 21.6. The van der Waals surface area contributed by atoms with Gasteiger partial charge < -0.3 is 10.0 Å². The van der Waals surface area contributed by atoms with Crippen LogP contribution >= 0.6 is 11.6 Å². The number of rotatable bonds is 5. The van der Waals surface area contributed by atoms with Crippen LogP contribution < -0.4 is 0 Å². The molecule has 1 atom stereocenters. The molecular weight excluding hydrogens is 523 g/mol. The number of hydrogen-bond donors (Lipinski definition) is 1. The number of carboxylic acids is 1. The van der Waals surface area contributed by atoms with E-state index >= 15 is 0 Å². The van der Waals surface area contributed by atoms with E-state index in [9.17, 15) is 32.7 Å². The second kappa shape index (κ2) is 10.2. The molecular formula is C27H25ClF3N3O4. The van der Waals surface area contributed by atoms with Crippen LogP contribution in [0.5, 0.6) is 0 Å². The molecule has 1 N–H and O–H groups in total. The Hall–Kier alpha value is -3.66. The van der Waals surface area contributed by atoms with E-state index < -0.39 is 35.1 Å². The Morgan fingerprint density at radius 3 is 2.47 bits per heavy atom. The molecule has 1 heterocycles. The number of aliphatic carboxylic acids is 1. The van der Waals surface area contributed by atoms with Crippen LogP contribution in [0.1, 0.15) is 65.1 Å². The highest BCUT2D eigenvalue weighted by Crippen LogP contribution is 2.38. The number of aromatic nitrogens is 2. The molecule has 1 amide bonds. The number of alkyl halides is 3. The van der Waals surface area contributed by atoms with Gasteiger partial charge in [-0.25, -0.2) is 0 Å². The average Bonchev–Trinajstić information content (AvgIpc) is 3.25. The maximum atomic E-state index is 13.8. The van der Waals surface area contributed by atoms with Crippen molar-refractivity contribution >= 4 is 45.9 Å². The average molecular weight is 548 g/mol. The maximum absolute atomic E-state index is 13.8. The summed E-state index contributed by atoms with van der Waals surface area (Å²) >= 11 is 6.10. The molecule has 0 aliphatic heterocycles. The Balaban J connectivity index is 1.92. The van der Waals surface area contributed by atoms with Gasteiger partial charge in [-0.2, -0.15) is 23.0 Å². The summed E-state index contributed by atoms with van der Waals surface area (Å²) in [6.45, 7) is 3.66. The summed E-state index contributed by atoms with van der Waals surface area (Å²) in [4.78, 5) is 39.5. The standard InChI is InChI=1S/C27H25ClF3N3O4/c1-14(2)33(3)24(35)17-11-12-18-21(13-17)34(32-23(18)15-7-9-16(10-8-15)26(37)38)25(36)22-19(27(29,30)31)5-4-6-20(22)28/h4-7,11-14,16H,8-10H2,1-3H3,(H,37,38). The first-order valence-corrected chi connectivity index (χ1v) is 12.3. The van der Waals surface area contributed by atoms with Crippen LogP contribution in [0, 0.1) is 5.92 Å². The summed E-state index contributed by atoms with van der Waals surface area (Å²) in [6.07, 6.45) is -2.16. The first kappa shape index (κ1) is 27.4. The lowest BCUT2D eigenvalue weighted by Crippen LogP contribution is -2.32. The third-order valence-electron chi connectivity index (χ3n) is 6.81. The highest BCUT2D eigenvalue weighted by atomic mass is 35.5. The van der Waals surface area contributed by atoms with Gasteiger partial charge in [0.1, 0.15) is 0 Å². The molecule has 2 aromatic carbocycles. The van der Waals surface area contributed by atoms with Crippen molar-refractivity contribution < 1.29 is 32.7 Å². The molecule has 3 aromatic rings. The number of benzene rings is 2. The van der Waals surface area contributed by atoms with E-state index in [0.717, 1.165) is 16.8 Å². The van der Waals surface area contributed by atoms with E-state index in [1.165, 1.54) is 17.0 Å². The summed E-state index contributed by atoms with van der Waals surface area (Å²) in [5.41, 5.74) is -0.567. The molecule has 0 saturated carbocycles. The summed E-state index contributed by atoms with van der Waals surface area (Å²) in [6, 6.07) is 7.56. The van der Waals surface area contributed by atoms with Crippen molar-refractivity contribution in [3.05, 3.63) is 69.9 Å². The van der Waals surface area contributed by atoms with Crippen LogP contribution in [-0.4, -0.2) is 50.7 Å². The number of hydrogen-bond acceptors (Lipinski definition) is 4. The number of allylic oxidation sites excluding steroid dienone is 2. The highest BCUT2D eigenvalue weighted by Gasteiger charge is 2.37. The SMILES string of the molecule is CC(C)N(C)C(=O)c1ccc2c(C3=CCC(C(=O)O)CC3)nn(C(=O)c3c(Cl)cccc3C(F)(F)F)c2c1. The fourth-order valence-electron chi connectivity index (χ4n) is 4.44. The summed E-state index contributed by atoms with van der Waals surface area (Å²) < 4.78 is 42.3. The van der Waals surface area contributed by atoms with Crippen molar-refractivity contribution in [2.24, 2.45) is 5.92 Å². The molecule has 200 valence electrons. The monoisotopic (exact) mass is 547 g/mol. The van der Waals surface area contributed by atoms with E-state index in [0.29, 0.717) is 29.5 Å². The lowest BCUT2D eigenvalue weighted by atomic mass is 9.87. The Labute approximate surface area is 221 Å². The number of fused-ring (bicyclic) bond motifs is 1. The normalized spacial score (nSPS) is 16.0. The van der Waals surface area contributed by atoms with E-state index in [1.54, 1.807) is 25.3 Å². The first-order valence-electron chi connectivity index (χ1n) is 11.9. The lowest BCUT2D eigenvalue weighted by molar-refractivity contribution is -0.142. The van der Waals surface area contributed by atoms with Gasteiger partial charge in [0.25, 0.3) is 11.8 Å². The fourth-order valence-corrected chi connectivity index (χ4v) is 4.69. The number of carbonyl (C=O) groups excluding carboxylic acids is 2. The number of carbonyl (C=O) groups is 3. The number of nitrogens with zero attached hydrogens (tertiary/aromatic N) is 3. The molecule has 11 heteroatoms. The van der Waals surface area contributed by atoms with Crippen molar-refractivity contribution in [1.29, 1.82) is 0 Å². The predicted octanol–water partition coefficient (Wildman–Crippen LogP) is 6.15. The summed E-state index contributed by atoms with van der Waals surface area (Å²) in [7, 11) is 1.62. The molecule has 0 fully saturated rings. The highest BCUT2D eigenvalue weighted by molar-refractivity contribution is 6.34. The minimum atomic E-state index is -4.85. The van der Waals surface area contributed by atoms with Crippen molar-refractivity contribution in [1.82, 2.24) is 14.7 Å². The van der Waals surface area contributed by atoms with Gasteiger partial charge in [-0.15, -0.1) is 0 Å². The minimum absolute atomic E-state index is 0.118. The third kappa shape index (κ3) is 5.05. The van der Waals surface area contributed by atoms with Crippen LogP contribution in [0.2, 0.25) is 5.02 Å². The number of carboxylic acid groups (broad SMARTS) is 1. The molecule has 38 heavy (non-hydrogen) atoms. The molecule has 0 spiro atoms. The topological polar surface area (TPSA) is 92.5 Å². The number of amides is 1. The molecule has 0 radical (unpaired) electrons. The zero-order chi connectivity index (χ0) is 27.9. The van der Waals surface area contributed by atoms with Gasteiger partial charge in [-0.05, 0) is 69.0 Å². The summed E-state index contributed by atoms with van der Waals surface area (Å²) in [5, 5.41) is 13.8. The molecule has 1 aliphatic carbocycles. The lowest BCUT2D eigenvalue weighted by Gasteiger charge is -2.21. The Bertz CT molecular complexity index is 1480. The number of halogens is 4. The zero-order valence-electron chi connectivity index (χ0n) is 20.8. The third-order valence-corrected chi connectivity index (χ3v) is 7.13. The predicted molar refractivity (Wildman–Crippen MR) is 136 cm³/mol. The van der Waals surface area contributed by atoms with Crippen LogP contribution in [-0.2, 0) is 11.0 Å². The van der Waals surface area contributed by atoms with Gasteiger partial charge in [0.15, 0.2) is 0 Å². The maximum Gasteiger partial charge on any atom is 0.417 e. The van der Waals surface area contributed by atoms with E-state index in [2.05, 4.69) is 5.10 Å². The molecule has 7 nitrogen and oxygen atoms in total. The molecule has 1 unspecified atom stereocenters.